The van der Waals surface area contributed by atoms with E-state index >= 15 is 0 Å². The van der Waals surface area contributed by atoms with Crippen molar-refractivity contribution in [3.8, 4) is 0 Å². The van der Waals surface area contributed by atoms with Crippen molar-refractivity contribution in [2.45, 2.75) is 78.1 Å². The van der Waals surface area contributed by atoms with E-state index < -0.39 is 0 Å². The summed E-state index contributed by atoms with van der Waals surface area (Å²) < 4.78 is 0. The molecule has 0 saturated carbocycles. The zero-order valence-electron chi connectivity index (χ0n) is 18.9. The molecule has 0 aromatic heterocycles. The summed E-state index contributed by atoms with van der Waals surface area (Å²) >= 11 is 0. The molecule has 1 unspecified atom stereocenters. The molecule has 2 aliphatic rings. The SMILES string of the molecule is CCCCCCCCCCN1C(=O)C(c2ccccc2)=C(N2CCCC(C)C2)C1=O. The average molecular weight is 411 g/mol. The number of amides is 2. The van der Waals surface area contributed by atoms with E-state index in [9.17, 15) is 9.59 Å². The molecule has 1 aromatic rings. The molecule has 0 radical (unpaired) electrons. The summed E-state index contributed by atoms with van der Waals surface area (Å²) in [7, 11) is 0. The number of rotatable bonds is 11. The van der Waals surface area contributed by atoms with E-state index in [0.29, 0.717) is 23.7 Å². The van der Waals surface area contributed by atoms with E-state index in [2.05, 4.69) is 18.7 Å². The van der Waals surface area contributed by atoms with Gasteiger partial charge in [0.25, 0.3) is 11.8 Å². The Kier molecular flexibility index (Phi) is 8.53. The first-order valence-electron chi connectivity index (χ1n) is 12.0. The maximum Gasteiger partial charge on any atom is 0.277 e. The van der Waals surface area contributed by atoms with Crippen molar-refractivity contribution in [2.24, 2.45) is 5.92 Å². The quantitative estimate of drug-likeness (QED) is 0.350. The monoisotopic (exact) mass is 410 g/mol. The smallest absolute Gasteiger partial charge is 0.277 e. The van der Waals surface area contributed by atoms with Crippen LogP contribution in [-0.4, -0.2) is 41.2 Å². The summed E-state index contributed by atoms with van der Waals surface area (Å²) in [6.45, 7) is 6.72. The van der Waals surface area contributed by atoms with Crippen molar-refractivity contribution < 1.29 is 9.59 Å². The Hall–Kier alpha value is -2.10. The summed E-state index contributed by atoms with van der Waals surface area (Å²) in [5, 5.41) is 0. The van der Waals surface area contributed by atoms with E-state index in [0.717, 1.165) is 37.9 Å². The number of piperidine rings is 1. The fourth-order valence-corrected chi connectivity index (χ4v) is 4.72. The number of benzene rings is 1. The Labute approximate surface area is 182 Å². The minimum atomic E-state index is -0.109. The number of unbranched alkanes of at least 4 members (excludes halogenated alkanes) is 7. The van der Waals surface area contributed by atoms with Gasteiger partial charge in [0.05, 0.1) is 5.57 Å². The maximum absolute atomic E-state index is 13.3. The number of hydrogen-bond acceptors (Lipinski definition) is 3. The Morgan fingerprint density at radius 3 is 2.23 bits per heavy atom. The standard InChI is InChI=1S/C26H38N2O2/c1-3-4-5-6-7-8-9-13-19-28-25(29)23(22-16-11-10-12-17-22)24(26(28)30)27-18-14-15-21(2)20-27/h10-12,16-17,21H,3-9,13-15,18-20H2,1-2H3. The number of imide groups is 1. The van der Waals surface area contributed by atoms with Crippen LogP contribution in [0.4, 0.5) is 0 Å². The zero-order chi connectivity index (χ0) is 21.3. The van der Waals surface area contributed by atoms with Crippen LogP contribution >= 0.6 is 0 Å². The Morgan fingerprint density at radius 2 is 1.57 bits per heavy atom. The van der Waals surface area contributed by atoms with E-state index in [1.54, 1.807) is 0 Å². The molecule has 164 valence electrons. The van der Waals surface area contributed by atoms with Gasteiger partial charge >= 0.3 is 0 Å². The molecule has 1 atom stereocenters. The van der Waals surface area contributed by atoms with Gasteiger partial charge in [-0.25, -0.2) is 0 Å². The molecule has 0 spiro atoms. The van der Waals surface area contributed by atoms with Crippen molar-refractivity contribution in [2.75, 3.05) is 19.6 Å². The average Bonchev–Trinajstić information content (AvgIpc) is 3.00. The van der Waals surface area contributed by atoms with Crippen LogP contribution in [-0.2, 0) is 9.59 Å². The first kappa shape index (κ1) is 22.6. The molecule has 2 aliphatic heterocycles. The first-order valence-corrected chi connectivity index (χ1v) is 12.0. The summed E-state index contributed by atoms with van der Waals surface area (Å²) in [6.07, 6.45) is 11.9. The summed E-state index contributed by atoms with van der Waals surface area (Å²) in [5.74, 6) is 0.353. The number of hydrogen-bond donors (Lipinski definition) is 0. The van der Waals surface area contributed by atoms with Crippen LogP contribution in [0.3, 0.4) is 0 Å². The van der Waals surface area contributed by atoms with Gasteiger partial charge in [0, 0.05) is 19.6 Å². The summed E-state index contributed by atoms with van der Waals surface area (Å²) in [5.41, 5.74) is 2.11. The van der Waals surface area contributed by atoms with Gasteiger partial charge in [-0.2, -0.15) is 0 Å². The van der Waals surface area contributed by atoms with Gasteiger partial charge in [-0.3, -0.25) is 14.5 Å². The molecule has 1 fully saturated rings. The number of likely N-dealkylation sites (tertiary alicyclic amines) is 1. The van der Waals surface area contributed by atoms with E-state index in [-0.39, 0.29) is 11.8 Å². The fourth-order valence-electron chi connectivity index (χ4n) is 4.72. The van der Waals surface area contributed by atoms with E-state index in [4.69, 9.17) is 0 Å². The summed E-state index contributed by atoms with van der Waals surface area (Å²) in [6, 6.07) is 9.74. The third-order valence-electron chi connectivity index (χ3n) is 6.41. The topological polar surface area (TPSA) is 40.6 Å². The van der Waals surface area contributed by atoms with Crippen molar-refractivity contribution in [3.63, 3.8) is 0 Å². The predicted octanol–water partition coefficient (Wildman–Crippen LogP) is 5.64. The molecule has 1 saturated heterocycles. The first-order chi connectivity index (χ1) is 14.6. The molecule has 30 heavy (non-hydrogen) atoms. The molecule has 1 aromatic carbocycles. The highest BCUT2D eigenvalue weighted by molar-refractivity contribution is 6.35. The molecular weight excluding hydrogens is 372 g/mol. The van der Waals surface area contributed by atoms with Crippen molar-refractivity contribution in [1.29, 1.82) is 0 Å². The third-order valence-corrected chi connectivity index (χ3v) is 6.41. The molecule has 0 N–H and O–H groups in total. The second-order valence-corrected chi connectivity index (χ2v) is 9.02. The minimum Gasteiger partial charge on any atom is -0.366 e. The fraction of sp³-hybridized carbons (Fsp3) is 0.615. The normalized spacial score (nSPS) is 19.9. The molecule has 3 rings (SSSR count). The molecule has 0 aliphatic carbocycles. The number of carbonyl (C=O) groups is 2. The molecule has 2 amide bonds. The zero-order valence-corrected chi connectivity index (χ0v) is 18.9. The summed E-state index contributed by atoms with van der Waals surface area (Å²) in [4.78, 5) is 30.3. The van der Waals surface area contributed by atoms with Crippen LogP contribution in [0.15, 0.2) is 36.0 Å². The maximum atomic E-state index is 13.3. The van der Waals surface area contributed by atoms with Crippen LogP contribution < -0.4 is 0 Å². The number of nitrogens with zero attached hydrogens (tertiary/aromatic N) is 2. The largest absolute Gasteiger partial charge is 0.366 e. The molecule has 2 heterocycles. The third kappa shape index (κ3) is 5.53. The lowest BCUT2D eigenvalue weighted by Crippen LogP contribution is -2.39. The minimum absolute atomic E-state index is 0.0871. The van der Waals surface area contributed by atoms with Gasteiger partial charge in [-0.15, -0.1) is 0 Å². The van der Waals surface area contributed by atoms with Gasteiger partial charge in [-0.05, 0) is 30.7 Å². The van der Waals surface area contributed by atoms with Gasteiger partial charge < -0.3 is 4.90 Å². The van der Waals surface area contributed by atoms with Crippen LogP contribution in [0.2, 0.25) is 0 Å². The number of carbonyl (C=O) groups excluding carboxylic acids is 2. The van der Waals surface area contributed by atoms with Crippen molar-refractivity contribution in [3.05, 3.63) is 41.6 Å². The Morgan fingerprint density at radius 1 is 0.900 bits per heavy atom. The van der Waals surface area contributed by atoms with Crippen molar-refractivity contribution in [1.82, 2.24) is 9.80 Å². The van der Waals surface area contributed by atoms with Gasteiger partial charge in [0.15, 0.2) is 0 Å². The molecule has 4 heteroatoms. The highest BCUT2D eigenvalue weighted by Gasteiger charge is 2.41. The van der Waals surface area contributed by atoms with Gasteiger partial charge in [0.1, 0.15) is 5.70 Å². The van der Waals surface area contributed by atoms with E-state index in [1.807, 2.05) is 30.3 Å². The molecule has 0 bridgehead atoms. The van der Waals surface area contributed by atoms with E-state index in [1.165, 1.54) is 49.8 Å². The molecular formula is C26H38N2O2. The predicted molar refractivity (Wildman–Crippen MR) is 123 cm³/mol. The second-order valence-electron chi connectivity index (χ2n) is 9.02. The van der Waals surface area contributed by atoms with Crippen LogP contribution in [0.1, 0.15) is 83.6 Å². The lowest BCUT2D eigenvalue weighted by Gasteiger charge is -2.33. The van der Waals surface area contributed by atoms with Crippen molar-refractivity contribution >= 4 is 17.4 Å². The Balaban J connectivity index is 1.66. The van der Waals surface area contributed by atoms with Crippen LogP contribution in [0.5, 0.6) is 0 Å². The lowest BCUT2D eigenvalue weighted by atomic mass is 9.98. The van der Waals surface area contributed by atoms with Crippen LogP contribution in [0.25, 0.3) is 5.57 Å². The Bertz CT molecular complexity index is 741. The second kappa shape index (κ2) is 11.3. The van der Waals surface area contributed by atoms with Crippen LogP contribution in [0, 0.1) is 5.92 Å². The van der Waals surface area contributed by atoms with Gasteiger partial charge in [-0.1, -0.05) is 89.1 Å². The van der Waals surface area contributed by atoms with Gasteiger partial charge in [0.2, 0.25) is 0 Å². The lowest BCUT2D eigenvalue weighted by molar-refractivity contribution is -0.137. The highest BCUT2D eigenvalue weighted by Crippen LogP contribution is 2.34. The highest BCUT2D eigenvalue weighted by atomic mass is 16.2. The molecule has 4 nitrogen and oxygen atoms in total.